The number of hydrogen-bond acceptors (Lipinski definition) is 7. The number of β-amino-alcohol motifs (C(OH)–C–C–N with tert-alkyl or cyclic N) is 1. The van der Waals surface area contributed by atoms with Gasteiger partial charge in [0.15, 0.2) is 0 Å². The molecule has 1 aliphatic heterocycles. The number of esters is 2. The average Bonchev–Trinajstić information content (AvgIpc) is 2.93. The molecule has 9 heteroatoms. The lowest BCUT2D eigenvalue weighted by Crippen LogP contribution is -2.31. The maximum atomic E-state index is 12.6. The summed E-state index contributed by atoms with van der Waals surface area (Å²) in [7, 11) is 2.47. The van der Waals surface area contributed by atoms with Gasteiger partial charge in [-0.25, -0.2) is 9.59 Å². The molecule has 1 aliphatic rings. The van der Waals surface area contributed by atoms with Crippen LogP contribution in [0.2, 0.25) is 0 Å². The third-order valence-corrected chi connectivity index (χ3v) is 4.77. The van der Waals surface area contributed by atoms with E-state index in [0.29, 0.717) is 10.2 Å². The third-order valence-electron chi connectivity index (χ3n) is 3.92. The van der Waals surface area contributed by atoms with Crippen LogP contribution in [0.5, 0.6) is 0 Å². The molecule has 0 aliphatic carbocycles. The van der Waals surface area contributed by atoms with Crippen LogP contribution >= 0.6 is 15.9 Å². The van der Waals surface area contributed by atoms with Crippen LogP contribution in [-0.2, 0) is 19.1 Å². The second-order valence-electron chi connectivity index (χ2n) is 5.56. The summed E-state index contributed by atoms with van der Waals surface area (Å²) < 4.78 is 10.2. The minimum atomic E-state index is -0.658. The number of aryl methyl sites for hydroxylation is 1. The Labute approximate surface area is 158 Å². The molecule has 8 nitrogen and oxygen atoms in total. The fourth-order valence-electron chi connectivity index (χ4n) is 2.55. The number of benzene rings is 1. The molecule has 0 radical (unpaired) electrons. The number of amides is 1. The second kappa shape index (κ2) is 8.33. The number of halogens is 1. The number of anilines is 1. The number of nitrogens with zero attached hydrogens (tertiary/aromatic N) is 1. The minimum absolute atomic E-state index is 0.0113. The molecule has 26 heavy (non-hydrogen) atoms. The lowest BCUT2D eigenvalue weighted by atomic mass is 10.1. The van der Waals surface area contributed by atoms with Crippen LogP contribution in [0.15, 0.2) is 27.9 Å². The standard InChI is InChI=1S/C17H19BrN2O6/c1-9-6-13(10(7-12(9)18)16(23)25-2)19-14-11(17(24)26-3)8-20(4-5-21)15(14)22/h6-7,19,21H,4-5,8H2,1-3H3. The Morgan fingerprint density at radius 1 is 1.27 bits per heavy atom. The molecule has 0 spiro atoms. The summed E-state index contributed by atoms with van der Waals surface area (Å²) in [6.45, 7) is 1.67. The lowest BCUT2D eigenvalue weighted by Gasteiger charge is -2.16. The van der Waals surface area contributed by atoms with E-state index >= 15 is 0 Å². The van der Waals surface area contributed by atoms with Gasteiger partial charge in [0.2, 0.25) is 0 Å². The van der Waals surface area contributed by atoms with Crippen LogP contribution in [-0.4, -0.2) is 61.8 Å². The van der Waals surface area contributed by atoms with Gasteiger partial charge in [0.05, 0.1) is 44.2 Å². The van der Waals surface area contributed by atoms with E-state index in [1.165, 1.54) is 19.1 Å². The second-order valence-corrected chi connectivity index (χ2v) is 6.41. The Kier molecular flexibility index (Phi) is 6.38. The number of hydrogen-bond donors (Lipinski definition) is 2. The molecule has 0 saturated carbocycles. The predicted molar refractivity (Wildman–Crippen MR) is 96.5 cm³/mol. The van der Waals surface area contributed by atoms with Gasteiger partial charge in [-0.1, -0.05) is 15.9 Å². The average molecular weight is 427 g/mol. The van der Waals surface area contributed by atoms with Gasteiger partial charge in [-0.15, -0.1) is 0 Å². The maximum Gasteiger partial charge on any atom is 0.340 e. The Hall–Kier alpha value is -2.39. The Balaban J connectivity index is 2.50. The fourth-order valence-corrected chi connectivity index (χ4v) is 2.89. The number of methoxy groups -OCH3 is 2. The molecule has 0 saturated heterocycles. The molecule has 0 bridgehead atoms. The van der Waals surface area contributed by atoms with Crippen molar-refractivity contribution in [2.24, 2.45) is 0 Å². The predicted octanol–water partition coefficient (Wildman–Crippen LogP) is 1.22. The molecule has 140 valence electrons. The van der Waals surface area contributed by atoms with Crippen molar-refractivity contribution in [3.05, 3.63) is 39.0 Å². The number of carbonyl (C=O) groups excluding carboxylic acids is 3. The summed E-state index contributed by atoms with van der Waals surface area (Å²) in [5, 5.41) is 12.0. The zero-order valence-electron chi connectivity index (χ0n) is 14.6. The van der Waals surface area contributed by atoms with Crippen molar-refractivity contribution in [1.29, 1.82) is 0 Å². The smallest absolute Gasteiger partial charge is 0.340 e. The molecule has 2 N–H and O–H groups in total. The van der Waals surface area contributed by atoms with E-state index in [4.69, 9.17) is 14.6 Å². The summed E-state index contributed by atoms with van der Waals surface area (Å²) in [5.41, 5.74) is 1.49. The Morgan fingerprint density at radius 2 is 1.92 bits per heavy atom. The van der Waals surface area contributed by atoms with E-state index in [1.54, 1.807) is 12.1 Å². The summed E-state index contributed by atoms with van der Waals surface area (Å²) >= 11 is 3.35. The van der Waals surface area contributed by atoms with E-state index in [2.05, 4.69) is 21.2 Å². The maximum absolute atomic E-state index is 12.6. The number of ether oxygens (including phenoxy) is 2. The van der Waals surface area contributed by atoms with Crippen LogP contribution in [0, 0.1) is 6.92 Å². The van der Waals surface area contributed by atoms with Crippen molar-refractivity contribution >= 4 is 39.5 Å². The highest BCUT2D eigenvalue weighted by atomic mass is 79.9. The van der Waals surface area contributed by atoms with Crippen LogP contribution in [0.4, 0.5) is 5.69 Å². The molecule has 1 amide bonds. The number of carbonyl (C=O) groups is 3. The van der Waals surface area contributed by atoms with Crippen molar-refractivity contribution < 1.29 is 29.0 Å². The summed E-state index contributed by atoms with van der Waals surface area (Å²) in [6.07, 6.45) is 0. The van der Waals surface area contributed by atoms with E-state index in [0.717, 1.165) is 5.56 Å². The first-order valence-corrected chi connectivity index (χ1v) is 8.50. The molecule has 2 rings (SSSR count). The molecule has 1 aromatic carbocycles. The Morgan fingerprint density at radius 3 is 2.50 bits per heavy atom. The highest BCUT2D eigenvalue weighted by molar-refractivity contribution is 9.10. The van der Waals surface area contributed by atoms with Gasteiger partial charge in [0.1, 0.15) is 5.70 Å². The molecule has 0 unspecified atom stereocenters. The van der Waals surface area contributed by atoms with Crippen LogP contribution in [0.3, 0.4) is 0 Å². The van der Waals surface area contributed by atoms with Crippen molar-refractivity contribution in [2.45, 2.75) is 6.92 Å². The first kappa shape index (κ1) is 19.9. The SMILES string of the molecule is COC(=O)C1=C(Nc2cc(C)c(Br)cc2C(=O)OC)C(=O)N(CCO)C1. The third kappa shape index (κ3) is 3.88. The van der Waals surface area contributed by atoms with Crippen LogP contribution in [0.25, 0.3) is 0 Å². The van der Waals surface area contributed by atoms with E-state index in [-0.39, 0.29) is 36.5 Å². The number of aliphatic hydroxyl groups is 1. The first-order chi connectivity index (χ1) is 12.3. The monoisotopic (exact) mass is 426 g/mol. The first-order valence-electron chi connectivity index (χ1n) is 7.71. The van der Waals surface area contributed by atoms with Crippen molar-refractivity contribution in [2.75, 3.05) is 39.2 Å². The van der Waals surface area contributed by atoms with E-state index in [9.17, 15) is 14.4 Å². The topological polar surface area (TPSA) is 105 Å². The summed E-state index contributed by atoms with van der Waals surface area (Å²) in [4.78, 5) is 38.0. The Bertz CT molecular complexity index is 790. The van der Waals surface area contributed by atoms with Crippen LogP contribution in [0.1, 0.15) is 15.9 Å². The molecule has 1 heterocycles. The van der Waals surface area contributed by atoms with E-state index in [1.807, 2.05) is 6.92 Å². The molecule has 0 atom stereocenters. The molecular formula is C17H19BrN2O6. The normalized spacial score (nSPS) is 13.9. The van der Waals surface area contributed by atoms with Gasteiger partial charge in [-0.2, -0.15) is 0 Å². The van der Waals surface area contributed by atoms with Crippen molar-refractivity contribution in [1.82, 2.24) is 4.90 Å². The molecule has 1 aromatic rings. The number of rotatable bonds is 6. The van der Waals surface area contributed by atoms with Gasteiger partial charge >= 0.3 is 11.9 Å². The molecule has 0 aromatic heterocycles. The largest absolute Gasteiger partial charge is 0.466 e. The summed E-state index contributed by atoms with van der Waals surface area (Å²) in [6, 6.07) is 3.24. The van der Waals surface area contributed by atoms with Gasteiger partial charge in [0.25, 0.3) is 5.91 Å². The van der Waals surface area contributed by atoms with Gasteiger partial charge in [-0.05, 0) is 24.6 Å². The van der Waals surface area contributed by atoms with Gasteiger partial charge < -0.3 is 24.8 Å². The zero-order chi connectivity index (χ0) is 19.4. The molecular weight excluding hydrogens is 408 g/mol. The fraction of sp³-hybridized carbons (Fsp3) is 0.353. The highest BCUT2D eigenvalue weighted by Gasteiger charge is 2.35. The van der Waals surface area contributed by atoms with Gasteiger partial charge in [0, 0.05) is 11.0 Å². The quantitative estimate of drug-likeness (QED) is 0.658. The van der Waals surface area contributed by atoms with Crippen LogP contribution < -0.4 is 5.32 Å². The molecule has 0 fully saturated rings. The minimum Gasteiger partial charge on any atom is -0.466 e. The highest BCUT2D eigenvalue weighted by Crippen LogP contribution is 2.29. The number of aliphatic hydroxyl groups excluding tert-OH is 1. The lowest BCUT2D eigenvalue weighted by molar-refractivity contribution is -0.136. The zero-order valence-corrected chi connectivity index (χ0v) is 16.2. The van der Waals surface area contributed by atoms with Crippen molar-refractivity contribution in [3.63, 3.8) is 0 Å². The van der Waals surface area contributed by atoms with E-state index < -0.39 is 17.8 Å². The summed E-state index contributed by atoms with van der Waals surface area (Å²) in [5.74, 6) is -1.71. The van der Waals surface area contributed by atoms with Gasteiger partial charge in [-0.3, -0.25) is 4.79 Å². The number of nitrogens with one attached hydrogen (secondary N) is 1. The van der Waals surface area contributed by atoms with Crippen molar-refractivity contribution in [3.8, 4) is 0 Å².